The minimum Gasteiger partial charge on any atom is -0.396 e. The second kappa shape index (κ2) is 6.20. The maximum absolute atomic E-state index is 12.1. The molecule has 2 atom stereocenters. The topological polar surface area (TPSA) is 49.3 Å². The minimum atomic E-state index is 0.0686. The molecule has 2 rings (SSSR count). The molecule has 2 unspecified atom stereocenters. The summed E-state index contributed by atoms with van der Waals surface area (Å²) in [5, 5.41) is 12.3. The molecule has 0 radical (unpaired) electrons. The van der Waals surface area contributed by atoms with Gasteiger partial charge >= 0.3 is 0 Å². The smallest absolute Gasteiger partial charge is 0.224 e. The molecule has 1 aliphatic rings. The number of hydrogen-bond donors (Lipinski definition) is 2. The summed E-state index contributed by atoms with van der Waals surface area (Å²) in [4.78, 5) is 12.1. The maximum Gasteiger partial charge on any atom is 0.224 e. The highest BCUT2D eigenvalue weighted by molar-refractivity contribution is 5.79. The van der Waals surface area contributed by atoms with Crippen molar-refractivity contribution in [2.45, 2.75) is 45.6 Å². The van der Waals surface area contributed by atoms with E-state index < -0.39 is 0 Å². The van der Waals surface area contributed by atoms with Crippen LogP contribution in [-0.4, -0.2) is 23.7 Å². The van der Waals surface area contributed by atoms with Crippen LogP contribution < -0.4 is 5.32 Å². The summed E-state index contributed by atoms with van der Waals surface area (Å²) in [7, 11) is 0. The second-order valence-corrected chi connectivity index (χ2v) is 5.65. The molecule has 19 heavy (non-hydrogen) atoms. The zero-order chi connectivity index (χ0) is 13.8. The lowest BCUT2D eigenvalue weighted by Gasteiger charge is -2.19. The zero-order valence-corrected chi connectivity index (χ0v) is 11.8. The molecule has 1 fully saturated rings. The van der Waals surface area contributed by atoms with E-state index in [1.54, 1.807) is 0 Å². The molecule has 0 aliphatic heterocycles. The molecule has 1 aromatic carbocycles. The van der Waals surface area contributed by atoms with Crippen LogP contribution in [0.2, 0.25) is 0 Å². The van der Waals surface area contributed by atoms with Crippen LogP contribution in [0.3, 0.4) is 0 Å². The highest BCUT2D eigenvalue weighted by Crippen LogP contribution is 2.25. The molecule has 104 valence electrons. The van der Waals surface area contributed by atoms with Gasteiger partial charge in [-0.15, -0.1) is 0 Å². The summed E-state index contributed by atoms with van der Waals surface area (Å²) >= 11 is 0. The molecule has 0 spiro atoms. The van der Waals surface area contributed by atoms with E-state index in [-0.39, 0.29) is 24.5 Å². The Morgan fingerprint density at radius 1 is 1.37 bits per heavy atom. The number of nitrogens with one attached hydrogen (secondary N) is 1. The van der Waals surface area contributed by atoms with Crippen LogP contribution in [0.4, 0.5) is 0 Å². The van der Waals surface area contributed by atoms with Gasteiger partial charge in [-0.05, 0) is 37.8 Å². The Labute approximate surface area is 115 Å². The maximum atomic E-state index is 12.1. The average molecular weight is 261 g/mol. The molecule has 0 saturated heterocycles. The third-order valence-electron chi connectivity index (χ3n) is 4.10. The number of rotatable bonds is 4. The predicted molar refractivity (Wildman–Crippen MR) is 76.0 cm³/mol. The van der Waals surface area contributed by atoms with Gasteiger partial charge in [0.2, 0.25) is 5.91 Å². The number of aliphatic hydroxyl groups is 1. The van der Waals surface area contributed by atoms with E-state index in [0.717, 1.165) is 30.4 Å². The van der Waals surface area contributed by atoms with E-state index in [1.807, 2.05) is 13.8 Å². The van der Waals surface area contributed by atoms with Gasteiger partial charge in [0.25, 0.3) is 0 Å². The number of amides is 1. The van der Waals surface area contributed by atoms with Gasteiger partial charge in [0.05, 0.1) is 6.42 Å². The van der Waals surface area contributed by atoms with Crippen molar-refractivity contribution in [3.8, 4) is 0 Å². The number of carbonyl (C=O) groups is 1. The first-order chi connectivity index (χ1) is 9.10. The third-order valence-corrected chi connectivity index (χ3v) is 4.10. The molecular weight excluding hydrogens is 238 g/mol. The number of aryl methyl sites for hydroxylation is 2. The van der Waals surface area contributed by atoms with Gasteiger partial charge in [-0.1, -0.05) is 30.2 Å². The van der Waals surface area contributed by atoms with Crippen molar-refractivity contribution < 1.29 is 9.90 Å². The Bertz CT molecular complexity index is 456. The zero-order valence-electron chi connectivity index (χ0n) is 11.8. The van der Waals surface area contributed by atoms with Crippen molar-refractivity contribution >= 4 is 5.91 Å². The van der Waals surface area contributed by atoms with Gasteiger partial charge < -0.3 is 10.4 Å². The van der Waals surface area contributed by atoms with Crippen molar-refractivity contribution in [3.63, 3.8) is 0 Å². The lowest BCUT2D eigenvalue weighted by molar-refractivity contribution is -0.121. The summed E-state index contributed by atoms with van der Waals surface area (Å²) in [6.45, 7) is 4.25. The van der Waals surface area contributed by atoms with Crippen molar-refractivity contribution in [1.82, 2.24) is 5.32 Å². The fourth-order valence-corrected chi connectivity index (χ4v) is 2.87. The highest BCUT2D eigenvalue weighted by atomic mass is 16.3. The summed E-state index contributed by atoms with van der Waals surface area (Å²) < 4.78 is 0. The van der Waals surface area contributed by atoms with E-state index >= 15 is 0 Å². The second-order valence-electron chi connectivity index (χ2n) is 5.65. The molecule has 0 heterocycles. The van der Waals surface area contributed by atoms with Gasteiger partial charge in [0.15, 0.2) is 0 Å². The van der Waals surface area contributed by atoms with Crippen molar-refractivity contribution in [1.29, 1.82) is 0 Å². The summed E-state index contributed by atoms with van der Waals surface area (Å²) in [6, 6.07) is 6.36. The van der Waals surface area contributed by atoms with E-state index in [4.69, 9.17) is 0 Å². The fraction of sp³-hybridized carbons (Fsp3) is 0.562. The Morgan fingerprint density at radius 3 is 2.89 bits per heavy atom. The summed E-state index contributed by atoms with van der Waals surface area (Å²) in [6.07, 6.45) is 3.54. The van der Waals surface area contributed by atoms with Crippen LogP contribution in [0, 0.1) is 19.8 Å². The van der Waals surface area contributed by atoms with Gasteiger partial charge in [-0.25, -0.2) is 0 Å². The van der Waals surface area contributed by atoms with E-state index in [0.29, 0.717) is 6.42 Å². The third kappa shape index (κ3) is 3.57. The van der Waals surface area contributed by atoms with Crippen LogP contribution in [0.5, 0.6) is 0 Å². The Morgan fingerprint density at radius 2 is 2.16 bits per heavy atom. The normalized spacial score (nSPS) is 22.5. The van der Waals surface area contributed by atoms with Crippen LogP contribution in [0.15, 0.2) is 18.2 Å². The first kappa shape index (κ1) is 14.1. The first-order valence-corrected chi connectivity index (χ1v) is 7.06. The molecule has 1 aromatic rings. The lowest BCUT2D eigenvalue weighted by Crippen LogP contribution is -2.39. The monoisotopic (exact) mass is 261 g/mol. The SMILES string of the molecule is Cc1ccc(C)c(CC(=O)NC2CCCC2CO)c1. The van der Waals surface area contributed by atoms with E-state index in [9.17, 15) is 9.90 Å². The van der Waals surface area contributed by atoms with Gasteiger partial charge in [0, 0.05) is 18.6 Å². The van der Waals surface area contributed by atoms with Gasteiger partial charge in [0.1, 0.15) is 0 Å². The minimum absolute atomic E-state index is 0.0686. The van der Waals surface area contributed by atoms with Crippen LogP contribution in [-0.2, 0) is 11.2 Å². The summed E-state index contributed by atoms with van der Waals surface area (Å²) in [5.41, 5.74) is 3.43. The molecule has 3 heteroatoms. The molecule has 0 bridgehead atoms. The van der Waals surface area contributed by atoms with Crippen LogP contribution in [0.1, 0.15) is 36.0 Å². The molecule has 1 aliphatic carbocycles. The lowest BCUT2D eigenvalue weighted by atomic mass is 10.0. The molecule has 1 amide bonds. The van der Waals surface area contributed by atoms with E-state index in [1.165, 1.54) is 5.56 Å². The Balaban J connectivity index is 1.95. The highest BCUT2D eigenvalue weighted by Gasteiger charge is 2.27. The number of benzene rings is 1. The first-order valence-electron chi connectivity index (χ1n) is 7.06. The number of hydrogen-bond acceptors (Lipinski definition) is 2. The molecule has 2 N–H and O–H groups in total. The van der Waals surface area contributed by atoms with Crippen molar-refractivity contribution in [3.05, 3.63) is 34.9 Å². The number of aliphatic hydroxyl groups excluding tert-OH is 1. The van der Waals surface area contributed by atoms with E-state index in [2.05, 4.69) is 23.5 Å². The largest absolute Gasteiger partial charge is 0.396 e. The average Bonchev–Trinajstić information content (AvgIpc) is 2.81. The standard InChI is InChI=1S/C16H23NO2/c1-11-6-7-12(2)14(8-11)9-16(19)17-15-5-3-4-13(15)10-18/h6-8,13,15,18H,3-5,9-10H2,1-2H3,(H,17,19). The van der Waals surface area contributed by atoms with Gasteiger partial charge in [-0.3, -0.25) is 4.79 Å². The van der Waals surface area contributed by atoms with Gasteiger partial charge in [-0.2, -0.15) is 0 Å². The quantitative estimate of drug-likeness (QED) is 0.872. The molecule has 3 nitrogen and oxygen atoms in total. The Hall–Kier alpha value is -1.35. The van der Waals surface area contributed by atoms with Crippen LogP contribution >= 0.6 is 0 Å². The predicted octanol–water partition coefficient (Wildman–Crippen LogP) is 2.12. The van der Waals surface area contributed by atoms with Crippen molar-refractivity contribution in [2.75, 3.05) is 6.61 Å². The Kier molecular flexibility index (Phi) is 4.59. The van der Waals surface area contributed by atoms with Crippen LogP contribution in [0.25, 0.3) is 0 Å². The summed E-state index contributed by atoms with van der Waals surface area (Å²) in [5.74, 6) is 0.307. The molecule has 0 aromatic heterocycles. The molecule has 1 saturated carbocycles. The fourth-order valence-electron chi connectivity index (χ4n) is 2.87. The number of carbonyl (C=O) groups excluding carboxylic acids is 1. The molecular formula is C16H23NO2. The van der Waals surface area contributed by atoms with Crippen molar-refractivity contribution in [2.24, 2.45) is 5.92 Å².